The van der Waals surface area contributed by atoms with Crippen LogP contribution >= 0.6 is 34.2 Å². The molecule has 0 aliphatic heterocycles. The third-order valence-electron chi connectivity index (χ3n) is 1.79. The second-order valence-electron chi connectivity index (χ2n) is 2.84. The highest BCUT2D eigenvalue weighted by Gasteiger charge is 2.18. The van der Waals surface area contributed by atoms with Gasteiger partial charge in [0.05, 0.1) is 14.7 Å². The lowest BCUT2D eigenvalue weighted by Gasteiger charge is -2.01. The van der Waals surface area contributed by atoms with E-state index < -0.39 is 4.92 Å². The average Bonchev–Trinajstić information content (AvgIpc) is 2.64. The Balaban J connectivity index is 2.62. The lowest BCUT2D eigenvalue weighted by molar-refractivity contribution is -0.384. The molecule has 0 saturated carbocycles. The van der Waals surface area contributed by atoms with Gasteiger partial charge in [-0.15, -0.1) is 0 Å². The second kappa shape index (κ2) is 4.34. The van der Waals surface area contributed by atoms with Crippen LogP contribution in [-0.2, 0) is 0 Å². The first-order valence-corrected chi connectivity index (χ1v) is 5.55. The highest BCUT2D eigenvalue weighted by Crippen LogP contribution is 2.22. The van der Waals surface area contributed by atoms with Crippen LogP contribution in [0.2, 0.25) is 5.15 Å². The molecule has 0 bridgehead atoms. The number of halogens is 2. The molecule has 82 valence electrons. The first-order chi connectivity index (χ1) is 7.58. The van der Waals surface area contributed by atoms with Crippen molar-refractivity contribution in [3.63, 3.8) is 0 Å². The Morgan fingerprint density at radius 2 is 2.25 bits per heavy atom. The van der Waals surface area contributed by atoms with E-state index in [1.54, 1.807) is 12.4 Å². The predicted octanol–water partition coefficient (Wildman–Crippen LogP) is 2.43. The highest BCUT2D eigenvalue weighted by molar-refractivity contribution is 14.1. The molecule has 0 unspecified atom stereocenters. The van der Waals surface area contributed by atoms with Gasteiger partial charge in [-0.25, -0.2) is 9.67 Å². The monoisotopic (exact) mass is 350 g/mol. The van der Waals surface area contributed by atoms with E-state index in [1.165, 1.54) is 16.8 Å². The van der Waals surface area contributed by atoms with Gasteiger partial charge < -0.3 is 0 Å². The van der Waals surface area contributed by atoms with Gasteiger partial charge in [0, 0.05) is 12.3 Å². The maximum Gasteiger partial charge on any atom is 0.313 e. The first-order valence-electron chi connectivity index (χ1n) is 4.09. The van der Waals surface area contributed by atoms with Crippen LogP contribution in [-0.4, -0.2) is 19.7 Å². The minimum atomic E-state index is -0.521. The van der Waals surface area contributed by atoms with Crippen LogP contribution in [0.1, 0.15) is 0 Å². The van der Waals surface area contributed by atoms with Crippen LogP contribution in [0.5, 0.6) is 0 Å². The van der Waals surface area contributed by atoms with E-state index >= 15 is 0 Å². The summed E-state index contributed by atoms with van der Waals surface area (Å²) in [5, 5.41) is 14.9. The number of rotatable bonds is 2. The zero-order valence-electron chi connectivity index (χ0n) is 7.67. The Bertz CT molecular complexity index is 557. The lowest BCUT2D eigenvalue weighted by Crippen LogP contribution is -2.03. The van der Waals surface area contributed by atoms with E-state index in [9.17, 15) is 10.1 Å². The van der Waals surface area contributed by atoms with Crippen molar-refractivity contribution < 1.29 is 4.92 Å². The number of hydrogen-bond donors (Lipinski definition) is 0. The molecule has 0 aliphatic rings. The van der Waals surface area contributed by atoms with Crippen LogP contribution in [0.4, 0.5) is 5.69 Å². The molecule has 2 aromatic rings. The Morgan fingerprint density at radius 1 is 1.50 bits per heavy atom. The molecular weight excluding hydrogens is 346 g/mol. The zero-order chi connectivity index (χ0) is 11.7. The van der Waals surface area contributed by atoms with Gasteiger partial charge in [-0.05, 0) is 28.7 Å². The summed E-state index contributed by atoms with van der Waals surface area (Å²) in [6.07, 6.45) is 3.21. The molecule has 6 nitrogen and oxygen atoms in total. The topological polar surface area (TPSA) is 73.8 Å². The fourth-order valence-electron chi connectivity index (χ4n) is 1.15. The van der Waals surface area contributed by atoms with Crippen molar-refractivity contribution in [2.45, 2.75) is 0 Å². The average molecular weight is 351 g/mol. The van der Waals surface area contributed by atoms with Crippen LogP contribution in [0.25, 0.3) is 5.82 Å². The van der Waals surface area contributed by atoms with Gasteiger partial charge in [-0.1, -0.05) is 11.6 Å². The molecule has 16 heavy (non-hydrogen) atoms. The van der Waals surface area contributed by atoms with Crippen LogP contribution in [0.15, 0.2) is 24.5 Å². The van der Waals surface area contributed by atoms with Crippen molar-refractivity contribution in [2.24, 2.45) is 0 Å². The Labute approximate surface area is 109 Å². The van der Waals surface area contributed by atoms with Crippen molar-refractivity contribution >= 4 is 39.9 Å². The molecule has 0 atom stereocenters. The largest absolute Gasteiger partial charge is 0.313 e. The number of nitrogens with zero attached hydrogens (tertiary/aromatic N) is 4. The van der Waals surface area contributed by atoms with Gasteiger partial charge >= 0.3 is 5.69 Å². The smallest absolute Gasteiger partial charge is 0.258 e. The molecule has 0 fully saturated rings. The Morgan fingerprint density at radius 3 is 2.81 bits per heavy atom. The van der Waals surface area contributed by atoms with Crippen molar-refractivity contribution in [1.29, 1.82) is 0 Å². The van der Waals surface area contributed by atoms with Crippen LogP contribution < -0.4 is 0 Å². The Kier molecular flexibility index (Phi) is 3.06. The lowest BCUT2D eigenvalue weighted by atomic mass is 10.4. The summed E-state index contributed by atoms with van der Waals surface area (Å²) in [5.74, 6) is 0.111. The summed E-state index contributed by atoms with van der Waals surface area (Å²) < 4.78 is 2.18. The summed E-state index contributed by atoms with van der Waals surface area (Å²) >= 11 is 7.75. The van der Waals surface area contributed by atoms with Crippen LogP contribution in [0, 0.1) is 13.7 Å². The molecule has 0 aromatic carbocycles. The molecule has 8 heteroatoms. The highest BCUT2D eigenvalue weighted by atomic mass is 127. The number of hydrogen-bond acceptors (Lipinski definition) is 4. The molecule has 0 spiro atoms. The molecular formula is C8H4ClIN4O2. The number of aromatic nitrogens is 3. The van der Waals surface area contributed by atoms with Crippen molar-refractivity contribution in [3.05, 3.63) is 43.4 Å². The van der Waals surface area contributed by atoms with Gasteiger partial charge in [0.15, 0.2) is 0 Å². The maximum atomic E-state index is 10.8. The SMILES string of the molecule is O=[N+]([O-])c1ccc(Cl)nc1-n1cc(I)cn1. The number of nitro groups is 1. The van der Waals surface area contributed by atoms with E-state index in [4.69, 9.17) is 11.6 Å². The third-order valence-corrected chi connectivity index (χ3v) is 2.55. The van der Waals surface area contributed by atoms with E-state index in [2.05, 4.69) is 32.7 Å². The van der Waals surface area contributed by atoms with Gasteiger partial charge in [-0.2, -0.15) is 5.10 Å². The molecule has 2 heterocycles. The fourth-order valence-corrected chi connectivity index (χ4v) is 1.68. The zero-order valence-corrected chi connectivity index (χ0v) is 10.6. The van der Waals surface area contributed by atoms with Crippen molar-refractivity contribution in [1.82, 2.24) is 14.8 Å². The van der Waals surface area contributed by atoms with Crippen molar-refractivity contribution in [2.75, 3.05) is 0 Å². The summed E-state index contributed by atoms with van der Waals surface area (Å²) in [4.78, 5) is 14.2. The molecule has 0 amide bonds. The van der Waals surface area contributed by atoms with E-state index in [1.807, 2.05) is 0 Å². The molecule has 2 aromatic heterocycles. The molecule has 2 rings (SSSR count). The number of pyridine rings is 1. The fraction of sp³-hybridized carbons (Fsp3) is 0. The van der Waals surface area contributed by atoms with E-state index in [-0.39, 0.29) is 16.7 Å². The van der Waals surface area contributed by atoms with Crippen molar-refractivity contribution in [3.8, 4) is 5.82 Å². The van der Waals surface area contributed by atoms with Gasteiger partial charge in [-0.3, -0.25) is 10.1 Å². The summed E-state index contributed by atoms with van der Waals surface area (Å²) in [7, 11) is 0. The quantitative estimate of drug-likeness (QED) is 0.361. The van der Waals surface area contributed by atoms with E-state index in [0.717, 1.165) is 3.57 Å². The standard InChI is InChI=1S/C8H4ClIN4O2/c9-7-2-1-6(14(15)16)8(12-7)13-4-5(10)3-11-13/h1-4H. The normalized spacial score (nSPS) is 10.4. The molecule has 0 aliphatic carbocycles. The van der Waals surface area contributed by atoms with Gasteiger partial charge in [0.2, 0.25) is 5.82 Å². The van der Waals surface area contributed by atoms with Gasteiger partial charge in [0.1, 0.15) is 5.15 Å². The third kappa shape index (κ3) is 2.14. The minimum absolute atomic E-state index is 0.111. The predicted molar refractivity (Wildman–Crippen MR) is 65.7 cm³/mol. The molecule has 0 radical (unpaired) electrons. The van der Waals surface area contributed by atoms with Crippen LogP contribution in [0.3, 0.4) is 0 Å². The molecule has 0 saturated heterocycles. The first kappa shape index (κ1) is 11.3. The minimum Gasteiger partial charge on any atom is -0.258 e. The summed E-state index contributed by atoms with van der Waals surface area (Å²) in [6, 6.07) is 2.68. The summed E-state index contributed by atoms with van der Waals surface area (Å²) in [6.45, 7) is 0. The van der Waals surface area contributed by atoms with Gasteiger partial charge in [0.25, 0.3) is 0 Å². The molecule has 0 N–H and O–H groups in total. The Hall–Kier alpha value is -1.22. The van der Waals surface area contributed by atoms with E-state index in [0.29, 0.717) is 0 Å². The maximum absolute atomic E-state index is 10.8. The summed E-state index contributed by atoms with van der Waals surface area (Å²) in [5.41, 5.74) is -0.135. The second-order valence-corrected chi connectivity index (χ2v) is 4.47.